The maximum Gasteiger partial charge on any atom is 0.120 e. The predicted molar refractivity (Wildman–Crippen MR) is 36.5 cm³/mol. The molecule has 0 aromatic heterocycles. The average molecular weight is 230 g/mol. The first-order chi connectivity index (χ1) is 4.30. The third-order valence-electron chi connectivity index (χ3n) is 1.31. The molecule has 1 aliphatic heterocycles. The molecule has 0 spiro atoms. The van der Waals surface area contributed by atoms with E-state index in [4.69, 9.17) is 0 Å². The maximum atomic E-state index is 4.69. The van der Waals surface area contributed by atoms with E-state index in [1.54, 1.807) is 0 Å². The van der Waals surface area contributed by atoms with Crippen molar-refractivity contribution in [2.45, 2.75) is 13.8 Å². The van der Waals surface area contributed by atoms with Gasteiger partial charge in [0.15, 0.2) is 0 Å². The zero-order chi connectivity index (χ0) is 6.69. The van der Waals surface area contributed by atoms with Crippen LogP contribution < -0.4 is 0 Å². The normalized spacial score (nSPS) is 18.1. The van der Waals surface area contributed by atoms with Gasteiger partial charge in [0.05, 0.1) is 0 Å². The number of hydroxylamine groups is 1. The fraction of sp³-hybridized carbons (Fsp3) is 0.833. The summed E-state index contributed by atoms with van der Waals surface area (Å²) in [6.45, 7) is 5.28. The Balaban J connectivity index is 0.000000810. The fourth-order valence-electron chi connectivity index (χ4n) is 0.680. The van der Waals surface area contributed by atoms with Gasteiger partial charge in [-0.1, -0.05) is 20.4 Å². The van der Waals surface area contributed by atoms with Gasteiger partial charge in [0.1, 0.15) is 6.73 Å². The van der Waals surface area contributed by atoms with Gasteiger partial charge < -0.3 is 10.3 Å². The van der Waals surface area contributed by atoms with E-state index in [9.17, 15) is 0 Å². The zero-order valence-corrected chi connectivity index (χ0v) is 7.77. The van der Waals surface area contributed by atoms with Crippen LogP contribution in [0.5, 0.6) is 0 Å². The zero-order valence-electron chi connectivity index (χ0n) is 6.13. The quantitative estimate of drug-likeness (QED) is 0.626. The van der Waals surface area contributed by atoms with E-state index < -0.39 is 0 Å². The minimum atomic E-state index is 0. The monoisotopic (exact) mass is 230 g/mol. The Kier molecular flexibility index (Phi) is 5.05. The molecular weight excluding hydrogens is 219 g/mol. The summed E-state index contributed by atoms with van der Waals surface area (Å²) in [7, 11) is 0. The first-order valence-corrected chi connectivity index (χ1v) is 3.12. The molecule has 10 heavy (non-hydrogen) atoms. The minimum Gasteiger partial charge on any atom is -0.528 e. The summed E-state index contributed by atoms with van der Waals surface area (Å²) < 4.78 is 0. The van der Waals surface area contributed by atoms with Gasteiger partial charge in [-0.2, -0.15) is 0 Å². The van der Waals surface area contributed by atoms with E-state index in [2.05, 4.69) is 29.2 Å². The van der Waals surface area contributed by atoms with Crippen molar-refractivity contribution in [1.82, 2.24) is 0 Å². The van der Waals surface area contributed by atoms with Crippen molar-refractivity contribution in [3.63, 3.8) is 0 Å². The predicted octanol–water partition coefficient (Wildman–Crippen LogP) is 1.36. The molecular formula is C6H11N2ORh-. The van der Waals surface area contributed by atoms with Crippen molar-refractivity contribution in [1.29, 1.82) is 0 Å². The smallest absolute Gasteiger partial charge is 0.120 e. The van der Waals surface area contributed by atoms with Crippen molar-refractivity contribution in [3.05, 3.63) is 5.48 Å². The van der Waals surface area contributed by atoms with Gasteiger partial charge in [0, 0.05) is 19.5 Å². The summed E-state index contributed by atoms with van der Waals surface area (Å²) in [5.74, 6) is 0.512. The molecule has 0 bridgehead atoms. The van der Waals surface area contributed by atoms with Gasteiger partial charge in [-0.3, -0.25) is 4.99 Å². The van der Waals surface area contributed by atoms with Crippen LogP contribution in [-0.4, -0.2) is 19.0 Å². The Labute approximate surface area is 74.0 Å². The molecule has 4 heteroatoms. The molecule has 0 aromatic carbocycles. The number of nitrogens with zero attached hydrogens (tertiary/aromatic N) is 2. The SMILES string of the molecule is CC(C)C1=NCO[N-]C1.[Rh]. The van der Waals surface area contributed by atoms with E-state index in [1.165, 1.54) is 0 Å². The van der Waals surface area contributed by atoms with Crippen LogP contribution in [0.1, 0.15) is 13.8 Å². The van der Waals surface area contributed by atoms with Crippen molar-refractivity contribution in [2.24, 2.45) is 10.9 Å². The number of aliphatic imine (C=N–C) groups is 1. The molecule has 1 aliphatic rings. The van der Waals surface area contributed by atoms with Crippen LogP contribution >= 0.6 is 0 Å². The van der Waals surface area contributed by atoms with Crippen LogP contribution in [0, 0.1) is 5.92 Å². The summed E-state index contributed by atoms with van der Waals surface area (Å²) in [5, 5.41) is 0. The van der Waals surface area contributed by atoms with Crippen LogP contribution in [0.25, 0.3) is 5.48 Å². The van der Waals surface area contributed by atoms with E-state index in [0.29, 0.717) is 19.2 Å². The molecule has 0 saturated carbocycles. The molecule has 1 radical (unpaired) electrons. The maximum absolute atomic E-state index is 4.69. The van der Waals surface area contributed by atoms with Gasteiger partial charge in [-0.25, -0.2) is 0 Å². The van der Waals surface area contributed by atoms with Crippen molar-refractivity contribution in [2.75, 3.05) is 13.3 Å². The van der Waals surface area contributed by atoms with E-state index in [0.717, 1.165) is 5.71 Å². The Bertz CT molecular complexity index is 125. The molecule has 0 unspecified atom stereocenters. The second kappa shape index (κ2) is 4.94. The molecule has 3 nitrogen and oxygen atoms in total. The number of rotatable bonds is 1. The molecule has 0 N–H and O–H groups in total. The summed E-state index contributed by atoms with van der Waals surface area (Å²) >= 11 is 0. The molecule has 0 aliphatic carbocycles. The van der Waals surface area contributed by atoms with Crippen LogP contribution in [0.3, 0.4) is 0 Å². The Hall–Kier alpha value is 0.213. The summed E-state index contributed by atoms with van der Waals surface area (Å²) in [4.78, 5) is 8.82. The molecule has 0 saturated heterocycles. The minimum absolute atomic E-state index is 0. The summed E-state index contributed by atoms with van der Waals surface area (Å²) in [6, 6.07) is 0. The van der Waals surface area contributed by atoms with Crippen molar-refractivity contribution < 1.29 is 24.3 Å². The number of hydrogen-bond donors (Lipinski definition) is 0. The molecule has 0 atom stereocenters. The third kappa shape index (κ3) is 2.87. The summed E-state index contributed by atoms with van der Waals surface area (Å²) in [5.41, 5.74) is 4.89. The first-order valence-electron chi connectivity index (χ1n) is 3.12. The van der Waals surface area contributed by atoms with Gasteiger partial charge in [0.25, 0.3) is 0 Å². The molecule has 0 aromatic rings. The van der Waals surface area contributed by atoms with Gasteiger partial charge in [0.2, 0.25) is 0 Å². The molecule has 0 amide bonds. The van der Waals surface area contributed by atoms with Gasteiger partial charge >= 0.3 is 0 Å². The van der Waals surface area contributed by atoms with Crippen LogP contribution in [0.15, 0.2) is 4.99 Å². The molecule has 0 fully saturated rings. The topological polar surface area (TPSA) is 35.7 Å². The van der Waals surface area contributed by atoms with Crippen molar-refractivity contribution in [3.8, 4) is 0 Å². The fourth-order valence-corrected chi connectivity index (χ4v) is 0.680. The third-order valence-corrected chi connectivity index (χ3v) is 1.31. The van der Waals surface area contributed by atoms with Crippen molar-refractivity contribution >= 4 is 5.71 Å². The largest absolute Gasteiger partial charge is 0.528 e. The number of hydrogen-bond acceptors (Lipinski definition) is 2. The van der Waals surface area contributed by atoms with Gasteiger partial charge in [-0.15, -0.1) is 0 Å². The second-order valence-corrected chi connectivity index (χ2v) is 2.35. The Morgan fingerprint density at radius 1 is 1.60 bits per heavy atom. The Morgan fingerprint density at radius 2 is 2.30 bits per heavy atom. The summed E-state index contributed by atoms with van der Waals surface area (Å²) in [6.07, 6.45) is 0. The first kappa shape index (κ1) is 10.2. The van der Waals surface area contributed by atoms with Gasteiger partial charge in [-0.05, 0) is 11.6 Å². The van der Waals surface area contributed by atoms with E-state index in [-0.39, 0.29) is 19.5 Å². The second-order valence-electron chi connectivity index (χ2n) is 2.35. The van der Waals surface area contributed by atoms with E-state index >= 15 is 0 Å². The Morgan fingerprint density at radius 3 is 2.60 bits per heavy atom. The van der Waals surface area contributed by atoms with E-state index in [1.807, 2.05) is 0 Å². The van der Waals surface area contributed by atoms with Crippen LogP contribution in [0.2, 0.25) is 0 Å². The average Bonchev–Trinajstić information content (AvgIpc) is 1.90. The van der Waals surface area contributed by atoms with Crippen LogP contribution in [0.4, 0.5) is 0 Å². The van der Waals surface area contributed by atoms with Crippen LogP contribution in [-0.2, 0) is 24.3 Å². The molecule has 1 heterocycles. The standard InChI is InChI=1S/C6H11N2O.Rh/c1-5(2)6-3-8-9-4-7-6;/h5H,3-4H2,1-2H3;/q-1;. The molecule has 61 valence electrons. The molecule has 1 rings (SSSR count).